The van der Waals surface area contributed by atoms with E-state index in [1.54, 1.807) is 30.3 Å². The van der Waals surface area contributed by atoms with Crippen LogP contribution in [-0.4, -0.2) is 19.9 Å². The van der Waals surface area contributed by atoms with Crippen LogP contribution in [0.15, 0.2) is 68.8 Å². The van der Waals surface area contributed by atoms with E-state index >= 15 is 0 Å². The molecule has 0 fully saturated rings. The van der Waals surface area contributed by atoms with Gasteiger partial charge in [0.25, 0.3) is 11.5 Å². The Balaban J connectivity index is 1.80. The maximum Gasteiger partial charge on any atom is 0.331 e. The summed E-state index contributed by atoms with van der Waals surface area (Å²) in [6, 6.07) is 14.7. The minimum absolute atomic E-state index is 0.222. The lowest BCUT2D eigenvalue weighted by Crippen LogP contribution is -2.36. The summed E-state index contributed by atoms with van der Waals surface area (Å²) in [4.78, 5) is 40.9. The first-order valence-corrected chi connectivity index (χ1v) is 10.3. The monoisotopic (exact) mass is 423 g/mol. The molecule has 3 aromatic heterocycles. The van der Waals surface area contributed by atoms with Crippen LogP contribution in [0.1, 0.15) is 34.0 Å². The second-order valence-electron chi connectivity index (χ2n) is 7.13. The van der Waals surface area contributed by atoms with Crippen molar-refractivity contribution in [3.05, 3.63) is 91.8 Å². The van der Waals surface area contributed by atoms with Crippen molar-refractivity contribution < 1.29 is 9.21 Å². The first kappa shape index (κ1) is 19.9. The molecule has 4 rings (SSSR count). The molecule has 7 nitrogen and oxygen atoms in total. The van der Waals surface area contributed by atoms with E-state index in [-0.39, 0.29) is 18.5 Å². The summed E-state index contributed by atoms with van der Waals surface area (Å²) in [7, 11) is 3.03. The molecule has 0 bridgehead atoms. The molecular weight excluding hydrogens is 402 g/mol. The Hall–Kier alpha value is -3.39. The lowest BCUT2D eigenvalue weighted by atomic mass is 10.1. The zero-order valence-electron chi connectivity index (χ0n) is 16.9. The summed E-state index contributed by atoms with van der Waals surface area (Å²) in [5.74, 6) is 0.439. The molecule has 1 atom stereocenters. The SMILES string of the molecule is CC(c1ccccc1)N(Cc1ccco1)C(=O)c1cc2c(=O)n(C)c(=O)n(C)c2s1. The van der Waals surface area contributed by atoms with E-state index in [4.69, 9.17) is 4.42 Å². The number of hydrogen-bond acceptors (Lipinski definition) is 5. The average molecular weight is 423 g/mol. The molecule has 1 aromatic carbocycles. The van der Waals surface area contributed by atoms with Crippen LogP contribution in [0.2, 0.25) is 0 Å². The number of aryl methyl sites for hydroxylation is 1. The number of hydrogen-bond donors (Lipinski definition) is 0. The van der Waals surface area contributed by atoms with E-state index in [2.05, 4.69) is 0 Å². The molecule has 1 amide bonds. The number of fused-ring (bicyclic) bond motifs is 1. The Labute approximate surface area is 176 Å². The Morgan fingerprint density at radius 3 is 2.50 bits per heavy atom. The summed E-state index contributed by atoms with van der Waals surface area (Å²) in [5.41, 5.74) is 0.164. The summed E-state index contributed by atoms with van der Waals surface area (Å²) >= 11 is 1.15. The third kappa shape index (κ3) is 3.39. The molecule has 8 heteroatoms. The van der Waals surface area contributed by atoms with E-state index < -0.39 is 11.2 Å². The van der Waals surface area contributed by atoms with E-state index in [1.165, 1.54) is 11.6 Å². The van der Waals surface area contributed by atoms with E-state index in [9.17, 15) is 14.4 Å². The summed E-state index contributed by atoms with van der Waals surface area (Å²) in [5, 5.41) is 0.360. The highest BCUT2D eigenvalue weighted by molar-refractivity contribution is 7.20. The fourth-order valence-corrected chi connectivity index (χ4v) is 4.54. The minimum Gasteiger partial charge on any atom is -0.467 e. The highest BCUT2D eigenvalue weighted by Gasteiger charge is 2.26. The maximum absolute atomic E-state index is 13.5. The second kappa shape index (κ2) is 7.79. The van der Waals surface area contributed by atoms with Crippen molar-refractivity contribution in [2.45, 2.75) is 19.5 Å². The zero-order chi connectivity index (χ0) is 21.4. The van der Waals surface area contributed by atoms with Gasteiger partial charge in [0.15, 0.2) is 0 Å². The van der Waals surface area contributed by atoms with Crippen molar-refractivity contribution in [2.75, 3.05) is 0 Å². The number of benzene rings is 1. The second-order valence-corrected chi connectivity index (χ2v) is 8.16. The Bertz CT molecular complexity index is 1320. The molecule has 0 radical (unpaired) electrons. The van der Waals surface area contributed by atoms with Gasteiger partial charge < -0.3 is 9.32 Å². The van der Waals surface area contributed by atoms with Gasteiger partial charge in [-0.3, -0.25) is 18.7 Å². The Morgan fingerprint density at radius 1 is 1.10 bits per heavy atom. The van der Waals surface area contributed by atoms with Crippen molar-refractivity contribution in [1.29, 1.82) is 0 Å². The molecule has 3 heterocycles. The summed E-state index contributed by atoms with van der Waals surface area (Å²) in [6.07, 6.45) is 1.57. The largest absolute Gasteiger partial charge is 0.467 e. The van der Waals surface area contributed by atoms with Gasteiger partial charge in [-0.1, -0.05) is 30.3 Å². The van der Waals surface area contributed by atoms with Crippen LogP contribution < -0.4 is 11.2 Å². The van der Waals surface area contributed by atoms with E-state index in [1.807, 2.05) is 43.3 Å². The summed E-state index contributed by atoms with van der Waals surface area (Å²) in [6.45, 7) is 2.24. The molecule has 1 unspecified atom stereocenters. The van der Waals surface area contributed by atoms with Gasteiger partial charge in [0, 0.05) is 14.1 Å². The van der Waals surface area contributed by atoms with Gasteiger partial charge in [0.1, 0.15) is 10.6 Å². The number of carbonyl (C=O) groups excluding carboxylic acids is 1. The molecule has 0 aliphatic carbocycles. The van der Waals surface area contributed by atoms with E-state index in [0.717, 1.165) is 21.5 Å². The third-order valence-electron chi connectivity index (χ3n) is 5.25. The molecule has 0 saturated carbocycles. The lowest BCUT2D eigenvalue weighted by Gasteiger charge is -2.28. The standard InChI is InChI=1S/C22H21N3O4S/c1-14(15-8-5-4-6-9-15)25(13-16-10-7-11-29-16)20(27)18-12-17-19(26)23(2)22(28)24(3)21(17)30-18/h4-12,14H,13H2,1-3H3. The molecule has 0 aliphatic rings. The van der Waals surface area contributed by atoms with Crippen LogP contribution in [0.25, 0.3) is 10.2 Å². The third-order valence-corrected chi connectivity index (χ3v) is 6.45. The fourth-order valence-electron chi connectivity index (χ4n) is 3.48. The lowest BCUT2D eigenvalue weighted by molar-refractivity contribution is 0.0664. The van der Waals surface area contributed by atoms with Gasteiger partial charge in [-0.15, -0.1) is 11.3 Å². The quantitative estimate of drug-likeness (QED) is 0.494. The van der Waals surface area contributed by atoms with Crippen molar-refractivity contribution in [3.63, 3.8) is 0 Å². The highest BCUT2D eigenvalue weighted by Crippen LogP contribution is 2.29. The predicted molar refractivity (Wildman–Crippen MR) is 116 cm³/mol. The van der Waals surface area contributed by atoms with Crippen LogP contribution in [0.4, 0.5) is 0 Å². The van der Waals surface area contributed by atoms with Crippen molar-refractivity contribution in [3.8, 4) is 0 Å². The normalized spacial score (nSPS) is 12.2. The number of rotatable bonds is 5. The molecule has 0 aliphatic heterocycles. The van der Waals surface area contributed by atoms with E-state index in [0.29, 0.717) is 20.9 Å². The number of carbonyl (C=O) groups is 1. The summed E-state index contributed by atoms with van der Waals surface area (Å²) < 4.78 is 7.93. The molecular formula is C22H21N3O4S. The van der Waals surface area contributed by atoms with Gasteiger partial charge >= 0.3 is 5.69 Å². The van der Waals surface area contributed by atoms with Gasteiger partial charge in [-0.05, 0) is 30.7 Å². The number of thiophene rings is 1. The van der Waals surface area contributed by atoms with Gasteiger partial charge in [-0.2, -0.15) is 0 Å². The van der Waals surface area contributed by atoms with Gasteiger partial charge in [0.05, 0.1) is 29.1 Å². The van der Waals surface area contributed by atoms with Crippen molar-refractivity contribution in [1.82, 2.24) is 14.0 Å². The van der Waals surface area contributed by atoms with Gasteiger partial charge in [0.2, 0.25) is 0 Å². The topological polar surface area (TPSA) is 77.5 Å². The van der Waals surface area contributed by atoms with Crippen molar-refractivity contribution >= 4 is 27.5 Å². The van der Waals surface area contributed by atoms with Crippen LogP contribution >= 0.6 is 11.3 Å². The molecule has 0 N–H and O–H groups in total. The maximum atomic E-state index is 13.5. The number of furan rings is 1. The Kier molecular flexibility index (Phi) is 5.17. The minimum atomic E-state index is -0.418. The molecule has 30 heavy (non-hydrogen) atoms. The fraction of sp³-hybridized carbons (Fsp3) is 0.227. The number of aromatic nitrogens is 2. The molecule has 4 aromatic rings. The van der Waals surface area contributed by atoms with Gasteiger partial charge in [-0.25, -0.2) is 4.79 Å². The molecule has 154 valence electrons. The first-order valence-electron chi connectivity index (χ1n) is 9.46. The molecule has 0 saturated heterocycles. The van der Waals surface area contributed by atoms with Crippen LogP contribution in [0.5, 0.6) is 0 Å². The number of nitrogens with zero attached hydrogens (tertiary/aromatic N) is 3. The average Bonchev–Trinajstić information content (AvgIpc) is 3.44. The first-order chi connectivity index (χ1) is 14.4. The van der Waals surface area contributed by atoms with Crippen LogP contribution in [-0.2, 0) is 20.6 Å². The Morgan fingerprint density at radius 2 is 1.83 bits per heavy atom. The van der Waals surface area contributed by atoms with Crippen LogP contribution in [0.3, 0.4) is 0 Å². The highest BCUT2D eigenvalue weighted by atomic mass is 32.1. The smallest absolute Gasteiger partial charge is 0.331 e. The van der Waals surface area contributed by atoms with Crippen LogP contribution in [0, 0.1) is 0 Å². The van der Waals surface area contributed by atoms with Crippen molar-refractivity contribution in [2.24, 2.45) is 14.1 Å². The predicted octanol–water partition coefficient (Wildman–Crippen LogP) is 3.30. The zero-order valence-corrected chi connectivity index (χ0v) is 17.7. The molecule has 0 spiro atoms. The number of amides is 1.